The van der Waals surface area contributed by atoms with Crippen molar-refractivity contribution in [1.29, 1.82) is 0 Å². The van der Waals surface area contributed by atoms with E-state index in [4.69, 9.17) is 5.73 Å². The molecule has 9 nitrogen and oxygen atoms in total. The summed E-state index contributed by atoms with van der Waals surface area (Å²) < 4.78 is 0. The molecule has 1 fully saturated rings. The quantitative estimate of drug-likeness (QED) is 0.341. The number of benzene rings is 1. The van der Waals surface area contributed by atoms with Crippen molar-refractivity contribution in [2.24, 2.45) is 11.7 Å². The van der Waals surface area contributed by atoms with Gasteiger partial charge in [-0.05, 0) is 42.8 Å². The highest BCUT2D eigenvalue weighted by Crippen LogP contribution is 2.20. The van der Waals surface area contributed by atoms with Crippen LogP contribution in [0.15, 0.2) is 30.3 Å². The van der Waals surface area contributed by atoms with Crippen LogP contribution in [0.5, 0.6) is 0 Å². The Balaban J connectivity index is 2.06. The fourth-order valence-electron chi connectivity index (χ4n) is 3.98. The van der Waals surface area contributed by atoms with Crippen LogP contribution in [-0.4, -0.2) is 76.4 Å². The van der Waals surface area contributed by atoms with Gasteiger partial charge in [0.25, 0.3) is 0 Å². The van der Waals surface area contributed by atoms with E-state index in [9.17, 15) is 24.3 Å². The largest absolute Gasteiger partial charge is 0.480 e. The van der Waals surface area contributed by atoms with Crippen LogP contribution in [0.2, 0.25) is 0 Å². The molecule has 2 rings (SSSR count). The van der Waals surface area contributed by atoms with E-state index in [1.54, 1.807) is 49.9 Å². The molecule has 10 heteroatoms. The normalized spacial score (nSPS) is 18.3. The van der Waals surface area contributed by atoms with Crippen LogP contribution in [0, 0.1) is 5.92 Å². The van der Waals surface area contributed by atoms with Gasteiger partial charge < -0.3 is 26.4 Å². The van der Waals surface area contributed by atoms with Gasteiger partial charge >= 0.3 is 5.97 Å². The minimum absolute atomic E-state index is 0.125. The van der Waals surface area contributed by atoms with E-state index in [-0.39, 0.29) is 18.2 Å². The number of amides is 3. The maximum absolute atomic E-state index is 13.1. The highest BCUT2D eigenvalue weighted by molar-refractivity contribution is 7.98. The number of rotatable bonds is 12. The van der Waals surface area contributed by atoms with Gasteiger partial charge in [0.1, 0.15) is 18.1 Å². The summed E-state index contributed by atoms with van der Waals surface area (Å²) in [5, 5.41) is 14.9. The minimum atomic E-state index is -1.15. The molecule has 1 aliphatic heterocycles. The van der Waals surface area contributed by atoms with Crippen molar-refractivity contribution >= 4 is 35.5 Å². The molecular formula is C24H36N4O5S. The van der Waals surface area contributed by atoms with Gasteiger partial charge in [0.2, 0.25) is 17.7 Å². The van der Waals surface area contributed by atoms with Gasteiger partial charge in [0.05, 0.1) is 6.04 Å². The summed E-state index contributed by atoms with van der Waals surface area (Å²) in [7, 11) is 0. The first-order valence-electron chi connectivity index (χ1n) is 11.6. The molecule has 1 aliphatic rings. The second-order valence-corrected chi connectivity index (χ2v) is 9.88. The number of aliphatic carboxylic acids is 1. The lowest BCUT2D eigenvalue weighted by Gasteiger charge is -2.29. The third-order valence-corrected chi connectivity index (χ3v) is 6.58. The number of nitrogens with one attached hydrogen (secondary N) is 2. The van der Waals surface area contributed by atoms with Crippen molar-refractivity contribution in [3.63, 3.8) is 0 Å². The second-order valence-electron chi connectivity index (χ2n) is 8.90. The predicted molar refractivity (Wildman–Crippen MR) is 132 cm³/mol. The summed E-state index contributed by atoms with van der Waals surface area (Å²) in [6.45, 7) is 3.99. The summed E-state index contributed by atoms with van der Waals surface area (Å²) in [6, 6.07) is 5.58. The van der Waals surface area contributed by atoms with Crippen LogP contribution >= 0.6 is 11.8 Å². The van der Waals surface area contributed by atoms with Crippen molar-refractivity contribution in [1.82, 2.24) is 15.5 Å². The molecule has 188 valence electrons. The molecule has 0 radical (unpaired) electrons. The molecule has 5 N–H and O–H groups in total. The summed E-state index contributed by atoms with van der Waals surface area (Å²) in [6.07, 6.45) is 3.76. The standard InChI is InChI=1S/C24H36N4O5S/c1-15(2)20(22(30)26-18(24(32)33)14-16-8-5-4-6-9-16)27-21(29)19-10-7-12-28(19)23(31)17(25)11-13-34-3/h4-6,8-9,15,17-20H,7,10-14,25H2,1-3H3,(H,26,30)(H,27,29)(H,32,33). The van der Waals surface area contributed by atoms with E-state index < -0.39 is 42.0 Å². The molecule has 0 aliphatic carbocycles. The van der Waals surface area contributed by atoms with Crippen LogP contribution in [0.25, 0.3) is 0 Å². The van der Waals surface area contributed by atoms with Crippen molar-refractivity contribution in [2.75, 3.05) is 18.6 Å². The summed E-state index contributed by atoms with van der Waals surface area (Å²) in [5.74, 6) is -1.94. The van der Waals surface area contributed by atoms with Crippen LogP contribution in [0.1, 0.15) is 38.7 Å². The summed E-state index contributed by atoms with van der Waals surface area (Å²) >= 11 is 1.60. The fourth-order valence-corrected chi connectivity index (χ4v) is 4.47. The molecule has 0 spiro atoms. The van der Waals surface area contributed by atoms with Gasteiger partial charge in [-0.2, -0.15) is 11.8 Å². The molecule has 4 atom stereocenters. The number of nitrogens with zero attached hydrogens (tertiary/aromatic N) is 1. The van der Waals surface area contributed by atoms with Crippen LogP contribution in [-0.2, 0) is 25.6 Å². The Hall–Kier alpha value is -2.59. The molecule has 4 unspecified atom stereocenters. The van der Waals surface area contributed by atoms with Crippen molar-refractivity contribution < 1.29 is 24.3 Å². The number of carboxylic acids is 1. The monoisotopic (exact) mass is 492 g/mol. The van der Waals surface area contributed by atoms with E-state index in [0.717, 1.165) is 11.3 Å². The molecule has 1 aromatic rings. The average Bonchev–Trinajstić information content (AvgIpc) is 3.30. The average molecular weight is 493 g/mol. The van der Waals surface area contributed by atoms with Gasteiger partial charge in [0.15, 0.2) is 0 Å². The number of nitrogens with two attached hydrogens (primary N) is 1. The molecule has 0 aromatic heterocycles. The van der Waals surface area contributed by atoms with Gasteiger partial charge in [-0.1, -0.05) is 44.2 Å². The number of carboxylic acid groups (broad SMARTS) is 1. The zero-order chi connectivity index (χ0) is 25.3. The second kappa shape index (κ2) is 13.3. The molecule has 0 saturated carbocycles. The zero-order valence-corrected chi connectivity index (χ0v) is 20.8. The Morgan fingerprint density at radius 1 is 1.18 bits per heavy atom. The first-order valence-corrected chi connectivity index (χ1v) is 13.0. The number of hydrogen-bond acceptors (Lipinski definition) is 6. The van der Waals surface area contributed by atoms with Crippen LogP contribution in [0.4, 0.5) is 0 Å². The van der Waals surface area contributed by atoms with E-state index in [1.807, 2.05) is 12.3 Å². The Morgan fingerprint density at radius 2 is 1.85 bits per heavy atom. The number of carbonyl (C=O) groups is 4. The SMILES string of the molecule is CSCCC(N)C(=O)N1CCCC1C(=O)NC(C(=O)NC(Cc1ccccc1)C(=O)O)C(C)C. The maximum Gasteiger partial charge on any atom is 0.326 e. The lowest BCUT2D eigenvalue weighted by Crippen LogP contribution is -2.58. The summed E-state index contributed by atoms with van der Waals surface area (Å²) in [5.41, 5.74) is 6.81. The molecule has 3 amide bonds. The smallest absolute Gasteiger partial charge is 0.326 e. The molecular weight excluding hydrogens is 456 g/mol. The lowest BCUT2D eigenvalue weighted by molar-refractivity contribution is -0.143. The molecule has 0 bridgehead atoms. The van der Waals surface area contributed by atoms with Crippen LogP contribution in [0.3, 0.4) is 0 Å². The fraction of sp³-hybridized carbons (Fsp3) is 0.583. The van der Waals surface area contributed by atoms with Gasteiger partial charge in [-0.25, -0.2) is 4.79 Å². The third-order valence-electron chi connectivity index (χ3n) is 5.93. The topological polar surface area (TPSA) is 142 Å². The Bertz CT molecular complexity index is 851. The molecule has 1 saturated heterocycles. The first-order chi connectivity index (χ1) is 16.1. The van der Waals surface area contributed by atoms with E-state index in [1.165, 1.54) is 4.90 Å². The Kier molecular flexibility index (Phi) is 10.8. The van der Waals surface area contributed by atoms with E-state index >= 15 is 0 Å². The van der Waals surface area contributed by atoms with Crippen molar-refractivity contribution in [3.05, 3.63) is 35.9 Å². The summed E-state index contributed by atoms with van der Waals surface area (Å²) in [4.78, 5) is 52.1. The van der Waals surface area contributed by atoms with Crippen molar-refractivity contribution in [3.8, 4) is 0 Å². The predicted octanol–water partition coefficient (Wildman–Crippen LogP) is 1.01. The maximum atomic E-state index is 13.1. The third kappa shape index (κ3) is 7.73. The Labute approximate surface area is 205 Å². The number of carbonyl (C=O) groups excluding carboxylic acids is 3. The molecule has 34 heavy (non-hydrogen) atoms. The number of thioether (sulfide) groups is 1. The lowest BCUT2D eigenvalue weighted by atomic mass is 10.0. The minimum Gasteiger partial charge on any atom is -0.480 e. The first kappa shape index (κ1) is 27.7. The number of hydrogen-bond donors (Lipinski definition) is 4. The van der Waals surface area contributed by atoms with E-state index in [0.29, 0.717) is 25.8 Å². The van der Waals surface area contributed by atoms with Gasteiger partial charge in [-0.15, -0.1) is 0 Å². The van der Waals surface area contributed by atoms with Gasteiger partial charge in [0, 0.05) is 13.0 Å². The van der Waals surface area contributed by atoms with E-state index in [2.05, 4.69) is 10.6 Å². The van der Waals surface area contributed by atoms with Crippen LogP contribution < -0.4 is 16.4 Å². The highest BCUT2D eigenvalue weighted by Gasteiger charge is 2.38. The zero-order valence-electron chi connectivity index (χ0n) is 20.0. The Morgan fingerprint density at radius 3 is 2.44 bits per heavy atom. The molecule has 1 heterocycles. The number of likely N-dealkylation sites (tertiary alicyclic amines) is 1. The highest BCUT2D eigenvalue weighted by atomic mass is 32.2. The van der Waals surface area contributed by atoms with Gasteiger partial charge in [-0.3, -0.25) is 14.4 Å². The van der Waals surface area contributed by atoms with Crippen molar-refractivity contribution in [2.45, 2.75) is 63.7 Å². The molecule has 1 aromatic carbocycles.